The summed E-state index contributed by atoms with van der Waals surface area (Å²) in [6.07, 6.45) is 0.568. The molecule has 9 heteroatoms. The van der Waals surface area contributed by atoms with Crippen LogP contribution in [0.25, 0.3) is 11.2 Å². The maximum atomic E-state index is 13.1. The Kier molecular flexibility index (Phi) is 5.11. The van der Waals surface area contributed by atoms with E-state index in [2.05, 4.69) is 11.9 Å². The fraction of sp³-hybridized carbons (Fsp3) is 0.750. The van der Waals surface area contributed by atoms with Crippen molar-refractivity contribution in [2.75, 3.05) is 0 Å². The Hall–Kier alpha value is -2.06. The first-order chi connectivity index (χ1) is 13.7. The topological polar surface area (TPSA) is 61.8 Å². The van der Waals surface area contributed by atoms with E-state index in [1.165, 1.54) is 9.13 Å². The molecule has 2 saturated carbocycles. The van der Waals surface area contributed by atoms with Gasteiger partial charge in [0.05, 0.1) is 12.2 Å². The van der Waals surface area contributed by atoms with Crippen molar-refractivity contribution in [3.63, 3.8) is 0 Å². The number of rotatable bonds is 5. The predicted octanol–water partition coefficient (Wildman–Crippen LogP) is 3.31. The molecule has 6 nitrogen and oxygen atoms in total. The first-order valence-electron chi connectivity index (χ1n) is 10.4. The van der Waals surface area contributed by atoms with Crippen LogP contribution in [-0.4, -0.2) is 24.9 Å². The highest BCUT2D eigenvalue weighted by atomic mass is 19.4. The molecule has 0 aliphatic heterocycles. The van der Waals surface area contributed by atoms with Crippen LogP contribution in [0.2, 0.25) is 0 Å². The molecule has 2 aliphatic carbocycles. The van der Waals surface area contributed by atoms with Gasteiger partial charge in [-0.1, -0.05) is 13.3 Å². The molecular formula is C20H27F3N4O2. The molecule has 2 aliphatic rings. The summed E-state index contributed by atoms with van der Waals surface area (Å²) >= 11 is 0. The maximum Gasteiger partial charge on any atom is 0.391 e. The molecule has 0 N–H and O–H groups in total. The number of hydrogen-bond donors (Lipinski definition) is 0. The summed E-state index contributed by atoms with van der Waals surface area (Å²) in [4.78, 5) is 30.2. The van der Waals surface area contributed by atoms with Crippen LogP contribution in [0.4, 0.5) is 13.2 Å². The number of halogens is 3. The lowest BCUT2D eigenvalue weighted by atomic mass is 9.81. The van der Waals surface area contributed by atoms with Crippen LogP contribution >= 0.6 is 0 Å². The van der Waals surface area contributed by atoms with Gasteiger partial charge in [-0.15, -0.1) is 0 Å². The van der Waals surface area contributed by atoms with Crippen LogP contribution < -0.4 is 11.2 Å². The number of hydrogen-bond acceptors (Lipinski definition) is 3. The Morgan fingerprint density at radius 3 is 2.38 bits per heavy atom. The van der Waals surface area contributed by atoms with Crippen molar-refractivity contribution in [3.05, 3.63) is 27.2 Å². The highest BCUT2D eigenvalue weighted by Crippen LogP contribution is 2.42. The zero-order chi connectivity index (χ0) is 20.9. The minimum Gasteiger partial charge on any atom is -0.324 e. The second-order valence-corrected chi connectivity index (χ2v) is 8.75. The van der Waals surface area contributed by atoms with Crippen LogP contribution in [0.3, 0.4) is 0 Å². The first kappa shape index (κ1) is 20.2. The van der Waals surface area contributed by atoms with Gasteiger partial charge in [0.15, 0.2) is 11.2 Å². The number of aromatic nitrogens is 4. The molecule has 2 atom stereocenters. The van der Waals surface area contributed by atoms with Gasteiger partial charge >= 0.3 is 11.9 Å². The third-order valence-electron chi connectivity index (χ3n) is 6.88. The van der Waals surface area contributed by atoms with Crippen LogP contribution in [0.15, 0.2) is 15.9 Å². The van der Waals surface area contributed by atoms with E-state index in [9.17, 15) is 22.8 Å². The maximum absolute atomic E-state index is 13.1. The summed E-state index contributed by atoms with van der Waals surface area (Å²) in [6, 6.07) is 0. The lowest BCUT2D eigenvalue weighted by molar-refractivity contribution is -0.184. The molecule has 2 unspecified atom stereocenters. The molecular weight excluding hydrogens is 385 g/mol. The van der Waals surface area contributed by atoms with E-state index >= 15 is 0 Å². The Morgan fingerprint density at radius 2 is 1.79 bits per heavy atom. The molecule has 0 amide bonds. The molecule has 0 saturated heterocycles. The standard InChI is InChI=1S/C20H27F3N4O2/c1-3-13-8-14(13)10-26-11-24-17-16(26)18(28)27(19(29)25(17)2)9-12-4-6-15(7-5-12)20(21,22)23/h11-15H,3-10H2,1-2H3. The Morgan fingerprint density at radius 1 is 1.10 bits per heavy atom. The van der Waals surface area contributed by atoms with Crippen LogP contribution in [0, 0.1) is 23.7 Å². The normalized spacial score (nSPS) is 27.5. The molecule has 29 heavy (non-hydrogen) atoms. The van der Waals surface area contributed by atoms with Gasteiger partial charge in [0.25, 0.3) is 5.56 Å². The van der Waals surface area contributed by atoms with Gasteiger partial charge in [-0.2, -0.15) is 13.2 Å². The van der Waals surface area contributed by atoms with E-state index in [1.807, 2.05) is 4.57 Å². The van der Waals surface area contributed by atoms with Gasteiger partial charge < -0.3 is 4.57 Å². The van der Waals surface area contributed by atoms with Gasteiger partial charge in [0, 0.05) is 20.1 Å². The smallest absolute Gasteiger partial charge is 0.324 e. The second-order valence-electron chi connectivity index (χ2n) is 8.75. The van der Waals surface area contributed by atoms with Crippen molar-refractivity contribution in [2.24, 2.45) is 30.7 Å². The van der Waals surface area contributed by atoms with E-state index in [4.69, 9.17) is 0 Å². The van der Waals surface area contributed by atoms with Crippen molar-refractivity contribution < 1.29 is 13.2 Å². The summed E-state index contributed by atoms with van der Waals surface area (Å²) in [5, 5.41) is 0. The van der Waals surface area contributed by atoms with Crippen molar-refractivity contribution >= 4 is 11.2 Å². The average molecular weight is 412 g/mol. The Bertz CT molecular complexity index is 1010. The molecule has 0 radical (unpaired) electrons. The predicted molar refractivity (Wildman–Crippen MR) is 103 cm³/mol. The summed E-state index contributed by atoms with van der Waals surface area (Å²) < 4.78 is 43.1. The molecule has 0 bridgehead atoms. The lowest BCUT2D eigenvalue weighted by Gasteiger charge is -2.30. The van der Waals surface area contributed by atoms with Gasteiger partial charge in [0.1, 0.15) is 0 Å². The molecule has 2 fully saturated rings. The summed E-state index contributed by atoms with van der Waals surface area (Å²) in [6.45, 7) is 3.03. The second kappa shape index (κ2) is 7.32. The van der Waals surface area contributed by atoms with E-state index in [0.29, 0.717) is 42.4 Å². The zero-order valence-corrected chi connectivity index (χ0v) is 16.8. The summed E-state index contributed by atoms with van der Waals surface area (Å²) in [7, 11) is 1.59. The van der Waals surface area contributed by atoms with E-state index in [-0.39, 0.29) is 30.9 Å². The van der Waals surface area contributed by atoms with Crippen molar-refractivity contribution in [1.82, 2.24) is 18.7 Å². The van der Waals surface area contributed by atoms with E-state index in [1.54, 1.807) is 13.4 Å². The van der Waals surface area contributed by atoms with Crippen molar-refractivity contribution in [1.29, 1.82) is 0 Å². The van der Waals surface area contributed by atoms with Crippen LogP contribution in [0.1, 0.15) is 45.4 Å². The number of aryl methyl sites for hydroxylation is 1. The average Bonchev–Trinajstić information content (AvgIpc) is 3.30. The van der Waals surface area contributed by atoms with Gasteiger partial charge in [0.2, 0.25) is 0 Å². The van der Waals surface area contributed by atoms with Gasteiger partial charge in [-0.3, -0.25) is 13.9 Å². The molecule has 0 spiro atoms. The SMILES string of the molecule is CCC1CC1Cn1cnc2c1c(=O)n(CC1CCC(C(F)(F)F)CC1)c(=O)n2C. The third kappa shape index (κ3) is 3.75. The Labute approximate surface area is 166 Å². The zero-order valence-electron chi connectivity index (χ0n) is 16.8. The number of nitrogens with zero attached hydrogens (tertiary/aromatic N) is 4. The highest BCUT2D eigenvalue weighted by molar-refractivity contribution is 5.70. The largest absolute Gasteiger partial charge is 0.391 e. The molecule has 160 valence electrons. The summed E-state index contributed by atoms with van der Waals surface area (Å²) in [5.41, 5.74) is -0.0562. The number of alkyl halides is 3. The monoisotopic (exact) mass is 412 g/mol. The lowest BCUT2D eigenvalue weighted by Crippen LogP contribution is -2.42. The van der Waals surface area contributed by atoms with Crippen LogP contribution in [-0.2, 0) is 20.1 Å². The summed E-state index contributed by atoms with van der Waals surface area (Å²) in [5.74, 6) is -0.167. The third-order valence-corrected chi connectivity index (χ3v) is 6.88. The number of fused-ring (bicyclic) bond motifs is 1. The van der Waals surface area contributed by atoms with E-state index < -0.39 is 17.8 Å². The molecule has 2 aromatic heterocycles. The van der Waals surface area contributed by atoms with Crippen molar-refractivity contribution in [3.8, 4) is 0 Å². The van der Waals surface area contributed by atoms with Gasteiger partial charge in [-0.05, 0) is 49.9 Å². The minimum absolute atomic E-state index is 0.0590. The van der Waals surface area contributed by atoms with Crippen molar-refractivity contribution in [2.45, 2.75) is 64.7 Å². The Balaban J connectivity index is 1.60. The fourth-order valence-corrected chi connectivity index (χ4v) is 4.84. The van der Waals surface area contributed by atoms with Gasteiger partial charge in [-0.25, -0.2) is 9.78 Å². The van der Waals surface area contributed by atoms with Crippen LogP contribution in [0.5, 0.6) is 0 Å². The molecule has 0 aromatic carbocycles. The first-order valence-corrected chi connectivity index (χ1v) is 10.4. The molecule has 2 heterocycles. The fourth-order valence-electron chi connectivity index (χ4n) is 4.84. The molecule has 2 aromatic rings. The number of imidazole rings is 1. The quantitative estimate of drug-likeness (QED) is 0.757. The molecule has 4 rings (SSSR count). The highest BCUT2D eigenvalue weighted by Gasteiger charge is 2.41. The minimum atomic E-state index is -4.16. The van der Waals surface area contributed by atoms with E-state index in [0.717, 1.165) is 12.8 Å².